The predicted molar refractivity (Wildman–Crippen MR) is 131 cm³/mol. The van der Waals surface area contributed by atoms with E-state index in [0.717, 1.165) is 12.0 Å². The maximum absolute atomic E-state index is 13.0. The van der Waals surface area contributed by atoms with E-state index in [9.17, 15) is 19.2 Å². The Morgan fingerprint density at radius 3 is 2.26 bits per heavy atom. The Morgan fingerprint density at radius 1 is 1.03 bits per heavy atom. The average Bonchev–Trinajstić information content (AvgIpc) is 2.79. The van der Waals surface area contributed by atoms with Crippen LogP contribution in [-0.4, -0.2) is 50.0 Å². The van der Waals surface area contributed by atoms with E-state index < -0.39 is 18.0 Å². The topological polar surface area (TPSA) is 152 Å². The molecule has 0 bridgehead atoms. The van der Waals surface area contributed by atoms with E-state index in [1.54, 1.807) is 31.3 Å². The average molecular weight is 478 g/mol. The number of likely N-dealkylation sites (N-methyl/N-ethyl adjacent to an activating group) is 1. The smallest absolute Gasteiger partial charge is 0.407 e. The van der Waals surface area contributed by atoms with Crippen molar-refractivity contribution in [3.05, 3.63) is 29.8 Å². The molecule has 1 aromatic carbocycles. The first-order chi connectivity index (χ1) is 16.2. The number of anilines is 1. The standard InChI is InChI=1S/C24H39N5O5/c1-5-12-28-24(33)34-15-17-8-10-19(11-9-17)29-22(31)18(7-6-13-27-23(25)32)14-20(30)21(26-4)16(2)3/h8-11,16,18,21,26H,5-7,12-15H2,1-4H3,(H,28,33)(H,29,31)(H3,25,27,32)/t18-,21+/m1/s1. The van der Waals surface area contributed by atoms with Gasteiger partial charge < -0.3 is 31.7 Å². The zero-order valence-corrected chi connectivity index (χ0v) is 20.6. The third-order valence-corrected chi connectivity index (χ3v) is 5.28. The number of urea groups is 1. The predicted octanol–water partition coefficient (Wildman–Crippen LogP) is 2.53. The monoisotopic (exact) mass is 477 g/mol. The number of primary amides is 1. The molecule has 0 saturated carbocycles. The van der Waals surface area contributed by atoms with E-state index in [0.29, 0.717) is 31.6 Å². The summed E-state index contributed by atoms with van der Waals surface area (Å²) in [6.45, 7) is 6.85. The van der Waals surface area contributed by atoms with Crippen LogP contribution in [0.1, 0.15) is 52.0 Å². The summed E-state index contributed by atoms with van der Waals surface area (Å²) in [6.07, 6.45) is 1.37. The number of carbonyl (C=O) groups excluding carboxylic acids is 4. The maximum Gasteiger partial charge on any atom is 0.407 e. The number of hydrogen-bond donors (Lipinski definition) is 5. The van der Waals surface area contributed by atoms with Gasteiger partial charge in [-0.25, -0.2) is 9.59 Å². The van der Waals surface area contributed by atoms with Crippen molar-refractivity contribution in [1.82, 2.24) is 16.0 Å². The number of carbonyl (C=O) groups is 4. The van der Waals surface area contributed by atoms with E-state index >= 15 is 0 Å². The van der Waals surface area contributed by atoms with E-state index in [1.165, 1.54) is 0 Å². The Balaban J connectivity index is 2.75. The Hall–Kier alpha value is -3.14. The van der Waals surface area contributed by atoms with Crippen LogP contribution in [0.5, 0.6) is 0 Å². The molecule has 1 aromatic rings. The molecule has 1 rings (SSSR count). The summed E-state index contributed by atoms with van der Waals surface area (Å²) >= 11 is 0. The lowest BCUT2D eigenvalue weighted by molar-refractivity contribution is -0.128. The Labute approximate surface area is 201 Å². The van der Waals surface area contributed by atoms with Gasteiger partial charge in [-0.2, -0.15) is 0 Å². The van der Waals surface area contributed by atoms with Gasteiger partial charge in [0.25, 0.3) is 0 Å². The van der Waals surface area contributed by atoms with Gasteiger partial charge in [0.1, 0.15) is 6.61 Å². The maximum atomic E-state index is 13.0. The molecule has 0 heterocycles. The Morgan fingerprint density at radius 2 is 1.71 bits per heavy atom. The molecule has 190 valence electrons. The zero-order chi connectivity index (χ0) is 25.5. The lowest BCUT2D eigenvalue weighted by Gasteiger charge is -2.22. The molecule has 0 fully saturated rings. The molecule has 6 N–H and O–H groups in total. The van der Waals surface area contributed by atoms with Crippen LogP contribution in [0.25, 0.3) is 0 Å². The summed E-state index contributed by atoms with van der Waals surface area (Å²) in [6, 6.07) is 5.99. The lowest BCUT2D eigenvalue weighted by Crippen LogP contribution is -2.40. The van der Waals surface area contributed by atoms with Crippen molar-refractivity contribution in [3.8, 4) is 0 Å². The first-order valence-corrected chi connectivity index (χ1v) is 11.7. The summed E-state index contributed by atoms with van der Waals surface area (Å²) in [4.78, 5) is 48.2. The largest absolute Gasteiger partial charge is 0.445 e. The van der Waals surface area contributed by atoms with E-state index in [-0.39, 0.29) is 36.7 Å². The van der Waals surface area contributed by atoms with Crippen LogP contribution >= 0.6 is 0 Å². The van der Waals surface area contributed by atoms with Crippen LogP contribution < -0.4 is 27.0 Å². The van der Waals surface area contributed by atoms with Gasteiger partial charge >= 0.3 is 12.1 Å². The number of Topliss-reactive ketones (excluding diaryl/α,β-unsaturated/α-hetero) is 1. The molecule has 0 aliphatic heterocycles. The number of hydrogen-bond acceptors (Lipinski definition) is 6. The minimum atomic E-state index is -0.626. The fourth-order valence-electron chi connectivity index (χ4n) is 3.48. The number of benzene rings is 1. The minimum Gasteiger partial charge on any atom is -0.445 e. The van der Waals surface area contributed by atoms with Crippen LogP contribution in [0.15, 0.2) is 24.3 Å². The van der Waals surface area contributed by atoms with Crippen LogP contribution in [0, 0.1) is 11.8 Å². The molecule has 4 amide bonds. The van der Waals surface area contributed by atoms with Crippen molar-refractivity contribution in [1.29, 1.82) is 0 Å². The summed E-state index contributed by atoms with van der Waals surface area (Å²) in [5.41, 5.74) is 6.45. The van der Waals surface area contributed by atoms with Crippen LogP contribution in [0.3, 0.4) is 0 Å². The SMILES string of the molecule is CCCNC(=O)OCc1ccc(NC(=O)[C@H](CCCNC(N)=O)CC(=O)[C@@H](NC)C(C)C)cc1. The second-order valence-corrected chi connectivity index (χ2v) is 8.50. The summed E-state index contributed by atoms with van der Waals surface area (Å²) in [5.74, 6) is -0.762. The molecule has 0 aliphatic carbocycles. The summed E-state index contributed by atoms with van der Waals surface area (Å²) in [5, 5.41) is 11.0. The number of ketones is 1. The normalized spacial score (nSPS) is 12.5. The number of nitrogens with two attached hydrogens (primary N) is 1. The van der Waals surface area contributed by atoms with Gasteiger partial charge in [0.2, 0.25) is 5.91 Å². The highest BCUT2D eigenvalue weighted by molar-refractivity contribution is 5.96. The molecule has 34 heavy (non-hydrogen) atoms. The third-order valence-electron chi connectivity index (χ3n) is 5.28. The van der Waals surface area contributed by atoms with Gasteiger partial charge in [0, 0.05) is 31.1 Å². The van der Waals surface area contributed by atoms with Crippen molar-refractivity contribution in [2.24, 2.45) is 17.6 Å². The van der Waals surface area contributed by atoms with Crippen LogP contribution in [0.2, 0.25) is 0 Å². The number of rotatable bonds is 15. The highest BCUT2D eigenvalue weighted by Gasteiger charge is 2.27. The first kappa shape index (κ1) is 28.9. The van der Waals surface area contributed by atoms with Gasteiger partial charge in [0.05, 0.1) is 6.04 Å². The lowest BCUT2D eigenvalue weighted by atomic mass is 9.89. The van der Waals surface area contributed by atoms with Crippen LogP contribution in [-0.2, 0) is 20.9 Å². The molecule has 10 heteroatoms. The summed E-state index contributed by atoms with van der Waals surface area (Å²) in [7, 11) is 1.73. The second-order valence-electron chi connectivity index (χ2n) is 8.50. The molecule has 0 aliphatic rings. The number of amides is 4. The third kappa shape index (κ3) is 11.1. The highest BCUT2D eigenvalue weighted by Crippen LogP contribution is 2.19. The molecular weight excluding hydrogens is 438 g/mol. The molecule has 0 radical (unpaired) electrons. The molecule has 0 unspecified atom stereocenters. The fraction of sp³-hybridized carbons (Fsp3) is 0.583. The highest BCUT2D eigenvalue weighted by atomic mass is 16.5. The number of nitrogens with one attached hydrogen (secondary N) is 4. The number of ether oxygens (including phenoxy) is 1. The van der Waals surface area contributed by atoms with Gasteiger partial charge in [0.15, 0.2) is 5.78 Å². The summed E-state index contributed by atoms with van der Waals surface area (Å²) < 4.78 is 5.14. The Kier molecular flexibility index (Phi) is 13.3. The van der Waals surface area contributed by atoms with Crippen molar-refractivity contribution in [2.45, 2.75) is 59.1 Å². The van der Waals surface area contributed by atoms with Crippen LogP contribution in [0.4, 0.5) is 15.3 Å². The first-order valence-electron chi connectivity index (χ1n) is 11.7. The zero-order valence-electron chi connectivity index (χ0n) is 20.6. The van der Waals surface area contributed by atoms with Gasteiger partial charge in [-0.05, 0) is 49.9 Å². The van der Waals surface area contributed by atoms with E-state index in [1.807, 2.05) is 20.8 Å². The van der Waals surface area contributed by atoms with E-state index in [2.05, 4.69) is 21.3 Å². The molecule has 2 atom stereocenters. The quantitative estimate of drug-likeness (QED) is 0.245. The molecule has 0 saturated heterocycles. The number of alkyl carbamates (subject to hydrolysis) is 1. The second kappa shape index (κ2) is 15.7. The molecule has 0 spiro atoms. The minimum absolute atomic E-state index is 0.0330. The molecular formula is C24H39N5O5. The van der Waals surface area contributed by atoms with Crippen molar-refractivity contribution in [3.63, 3.8) is 0 Å². The Bertz CT molecular complexity index is 797. The van der Waals surface area contributed by atoms with Crippen molar-refractivity contribution < 1.29 is 23.9 Å². The van der Waals surface area contributed by atoms with Crippen molar-refractivity contribution >= 4 is 29.5 Å². The fourth-order valence-corrected chi connectivity index (χ4v) is 3.48. The van der Waals surface area contributed by atoms with Gasteiger partial charge in [-0.1, -0.05) is 32.9 Å². The molecule has 10 nitrogen and oxygen atoms in total. The molecule has 0 aromatic heterocycles. The van der Waals surface area contributed by atoms with Gasteiger partial charge in [-0.15, -0.1) is 0 Å². The van der Waals surface area contributed by atoms with Gasteiger partial charge in [-0.3, -0.25) is 9.59 Å². The van der Waals surface area contributed by atoms with Crippen molar-refractivity contribution in [2.75, 3.05) is 25.5 Å². The van der Waals surface area contributed by atoms with E-state index in [4.69, 9.17) is 10.5 Å².